The van der Waals surface area contributed by atoms with Crippen LogP contribution in [0.15, 0.2) is 59.5 Å². The minimum Gasteiger partial charge on any atom is -0.362 e. The molecular formula is C15H11NS. The van der Waals surface area contributed by atoms with E-state index in [2.05, 4.69) is 35.4 Å². The summed E-state index contributed by atoms with van der Waals surface area (Å²) in [7, 11) is 0. The summed E-state index contributed by atoms with van der Waals surface area (Å²) in [4.78, 5) is 1.28. The Morgan fingerprint density at radius 3 is 2.53 bits per heavy atom. The Balaban J connectivity index is 1.77. The van der Waals surface area contributed by atoms with E-state index >= 15 is 0 Å². The Hall–Kier alpha value is -1.85. The van der Waals surface area contributed by atoms with Crippen molar-refractivity contribution in [2.24, 2.45) is 0 Å². The molecule has 0 fully saturated rings. The Morgan fingerprint density at radius 2 is 1.71 bits per heavy atom. The lowest BCUT2D eigenvalue weighted by atomic mass is 10.2. The number of rotatable bonds is 0. The van der Waals surface area contributed by atoms with Gasteiger partial charge < -0.3 is 5.32 Å². The zero-order valence-corrected chi connectivity index (χ0v) is 10.00. The van der Waals surface area contributed by atoms with E-state index in [9.17, 15) is 0 Å². The monoisotopic (exact) mass is 237 g/mol. The van der Waals surface area contributed by atoms with E-state index in [4.69, 9.17) is 0 Å². The SMILES string of the molecule is C(#C[C@@H]1Nc2ccccc2S1)c1ccccc1. The van der Waals surface area contributed by atoms with Crippen molar-refractivity contribution in [2.75, 3.05) is 5.32 Å². The maximum Gasteiger partial charge on any atom is 0.140 e. The lowest BCUT2D eigenvalue weighted by molar-refractivity contribution is 1.31. The molecule has 1 atom stereocenters. The lowest BCUT2D eigenvalue weighted by Crippen LogP contribution is -2.06. The molecule has 2 heteroatoms. The van der Waals surface area contributed by atoms with E-state index in [1.54, 1.807) is 11.8 Å². The fourth-order valence-electron chi connectivity index (χ4n) is 1.72. The van der Waals surface area contributed by atoms with Crippen molar-refractivity contribution in [3.63, 3.8) is 0 Å². The molecule has 0 unspecified atom stereocenters. The highest BCUT2D eigenvalue weighted by molar-refractivity contribution is 8.00. The molecule has 1 aliphatic heterocycles. The number of para-hydroxylation sites is 1. The maximum absolute atomic E-state index is 3.39. The third-order valence-corrected chi connectivity index (χ3v) is 3.62. The summed E-state index contributed by atoms with van der Waals surface area (Å²) in [5, 5.41) is 3.55. The van der Waals surface area contributed by atoms with E-state index in [-0.39, 0.29) is 5.37 Å². The second kappa shape index (κ2) is 4.57. The van der Waals surface area contributed by atoms with Crippen molar-refractivity contribution >= 4 is 17.4 Å². The van der Waals surface area contributed by atoms with E-state index in [1.165, 1.54) is 10.6 Å². The molecule has 1 N–H and O–H groups in total. The van der Waals surface area contributed by atoms with Gasteiger partial charge in [-0.25, -0.2) is 0 Å². The van der Waals surface area contributed by atoms with Crippen LogP contribution in [0.2, 0.25) is 0 Å². The van der Waals surface area contributed by atoms with Crippen LogP contribution in [0.5, 0.6) is 0 Å². The van der Waals surface area contributed by atoms with Crippen LogP contribution in [0.3, 0.4) is 0 Å². The molecule has 0 spiro atoms. The van der Waals surface area contributed by atoms with Gasteiger partial charge in [0, 0.05) is 16.1 Å². The first kappa shape index (κ1) is 10.3. The molecule has 0 amide bonds. The largest absolute Gasteiger partial charge is 0.362 e. The first-order valence-corrected chi connectivity index (χ1v) is 6.38. The van der Waals surface area contributed by atoms with Crippen molar-refractivity contribution < 1.29 is 0 Å². The number of fused-ring (bicyclic) bond motifs is 1. The van der Waals surface area contributed by atoms with Crippen molar-refractivity contribution in [2.45, 2.75) is 10.3 Å². The number of anilines is 1. The average Bonchev–Trinajstić information content (AvgIpc) is 2.80. The fourth-order valence-corrected chi connectivity index (χ4v) is 2.69. The van der Waals surface area contributed by atoms with Gasteiger partial charge in [0.25, 0.3) is 0 Å². The molecule has 17 heavy (non-hydrogen) atoms. The van der Waals surface area contributed by atoms with Gasteiger partial charge in [0.05, 0.1) is 0 Å². The predicted octanol–water partition coefficient (Wildman–Crippen LogP) is 3.58. The molecule has 82 valence electrons. The molecule has 1 heterocycles. The Morgan fingerprint density at radius 1 is 0.941 bits per heavy atom. The van der Waals surface area contributed by atoms with Gasteiger partial charge >= 0.3 is 0 Å². The highest BCUT2D eigenvalue weighted by Gasteiger charge is 2.18. The van der Waals surface area contributed by atoms with E-state index in [0.717, 1.165) is 5.56 Å². The molecule has 0 radical (unpaired) electrons. The van der Waals surface area contributed by atoms with Crippen LogP contribution in [0.1, 0.15) is 5.56 Å². The molecule has 3 rings (SSSR count). The Bertz CT molecular complexity index is 556. The number of nitrogens with one attached hydrogen (secondary N) is 1. The van der Waals surface area contributed by atoms with Crippen LogP contribution >= 0.6 is 11.8 Å². The van der Waals surface area contributed by atoms with Crippen LogP contribution in [-0.4, -0.2) is 5.37 Å². The summed E-state index contributed by atoms with van der Waals surface area (Å²) in [6.45, 7) is 0. The van der Waals surface area contributed by atoms with Gasteiger partial charge in [0.15, 0.2) is 0 Å². The standard InChI is InChI=1S/C15H11NS/c1-2-6-12(7-3-1)10-11-15-16-13-8-4-5-9-14(13)17-15/h1-9,15-16H/t15-/m1/s1. The molecule has 2 aromatic carbocycles. The van der Waals surface area contributed by atoms with Crippen LogP contribution < -0.4 is 5.32 Å². The van der Waals surface area contributed by atoms with Crippen molar-refractivity contribution in [1.82, 2.24) is 0 Å². The van der Waals surface area contributed by atoms with Gasteiger partial charge in [-0.15, -0.1) is 0 Å². The van der Waals surface area contributed by atoms with Crippen LogP contribution in [0, 0.1) is 11.8 Å². The number of thioether (sulfide) groups is 1. The van der Waals surface area contributed by atoms with Crippen LogP contribution in [0.25, 0.3) is 0 Å². The third kappa shape index (κ3) is 2.30. The normalized spacial score (nSPS) is 16.6. The van der Waals surface area contributed by atoms with Crippen LogP contribution in [-0.2, 0) is 0 Å². The summed E-state index contributed by atoms with van der Waals surface area (Å²) in [6, 6.07) is 18.4. The molecule has 1 aliphatic rings. The summed E-state index contributed by atoms with van der Waals surface area (Å²) >= 11 is 1.77. The van der Waals surface area contributed by atoms with E-state index in [0.29, 0.717) is 0 Å². The Labute approximate surface area is 105 Å². The number of hydrogen-bond donors (Lipinski definition) is 1. The summed E-state index contributed by atoms with van der Waals surface area (Å²) in [5.74, 6) is 6.43. The Kier molecular flexibility index (Phi) is 2.77. The van der Waals surface area contributed by atoms with Gasteiger partial charge in [-0.1, -0.05) is 53.9 Å². The van der Waals surface area contributed by atoms with Gasteiger partial charge in [-0.05, 0) is 24.3 Å². The van der Waals surface area contributed by atoms with Gasteiger partial charge in [-0.2, -0.15) is 0 Å². The van der Waals surface area contributed by atoms with E-state index in [1.807, 2.05) is 36.4 Å². The number of benzene rings is 2. The highest BCUT2D eigenvalue weighted by atomic mass is 32.2. The van der Waals surface area contributed by atoms with Crippen molar-refractivity contribution in [3.8, 4) is 11.8 Å². The minimum atomic E-state index is 0.160. The average molecular weight is 237 g/mol. The first-order chi connectivity index (χ1) is 8.42. The first-order valence-electron chi connectivity index (χ1n) is 5.51. The van der Waals surface area contributed by atoms with Crippen molar-refractivity contribution in [3.05, 3.63) is 60.2 Å². The molecule has 0 saturated carbocycles. The van der Waals surface area contributed by atoms with Gasteiger partial charge in [0.1, 0.15) is 5.37 Å². The topological polar surface area (TPSA) is 12.0 Å². The third-order valence-electron chi connectivity index (χ3n) is 2.54. The quantitative estimate of drug-likeness (QED) is 0.703. The molecular weight excluding hydrogens is 226 g/mol. The lowest BCUT2D eigenvalue weighted by Gasteiger charge is -2.00. The smallest absolute Gasteiger partial charge is 0.140 e. The zero-order valence-electron chi connectivity index (χ0n) is 9.18. The molecule has 1 nitrogen and oxygen atoms in total. The number of hydrogen-bond acceptors (Lipinski definition) is 2. The second-order valence-electron chi connectivity index (χ2n) is 3.77. The molecule has 0 aliphatic carbocycles. The van der Waals surface area contributed by atoms with Crippen LogP contribution in [0.4, 0.5) is 5.69 Å². The molecule has 0 aromatic heterocycles. The second-order valence-corrected chi connectivity index (χ2v) is 4.92. The maximum atomic E-state index is 3.39. The van der Waals surface area contributed by atoms with Crippen molar-refractivity contribution in [1.29, 1.82) is 0 Å². The van der Waals surface area contributed by atoms with Gasteiger partial charge in [0.2, 0.25) is 0 Å². The summed E-state index contributed by atoms with van der Waals surface area (Å²) < 4.78 is 0. The molecule has 0 bridgehead atoms. The predicted molar refractivity (Wildman–Crippen MR) is 73.0 cm³/mol. The zero-order chi connectivity index (χ0) is 11.5. The molecule has 0 saturated heterocycles. The summed E-state index contributed by atoms with van der Waals surface area (Å²) in [5.41, 5.74) is 2.25. The highest BCUT2D eigenvalue weighted by Crippen LogP contribution is 2.37. The fraction of sp³-hybridized carbons (Fsp3) is 0.0667. The van der Waals surface area contributed by atoms with E-state index < -0.39 is 0 Å². The molecule has 2 aromatic rings. The van der Waals surface area contributed by atoms with Gasteiger partial charge in [-0.3, -0.25) is 0 Å². The summed E-state index contributed by atoms with van der Waals surface area (Å²) in [6.07, 6.45) is 0. The minimum absolute atomic E-state index is 0.160.